The summed E-state index contributed by atoms with van der Waals surface area (Å²) in [5.74, 6) is 0.636. The van der Waals surface area contributed by atoms with Gasteiger partial charge in [-0.1, -0.05) is 36.4 Å². The monoisotopic (exact) mass is 255 g/mol. The first-order chi connectivity index (χ1) is 9.17. The molecule has 0 aliphatic heterocycles. The minimum atomic E-state index is -1.10. The lowest BCUT2D eigenvalue weighted by atomic mass is 9.97. The molecule has 4 nitrogen and oxygen atoms in total. The molecule has 0 spiro atoms. The van der Waals surface area contributed by atoms with E-state index in [-0.39, 0.29) is 5.57 Å². The lowest BCUT2D eigenvalue weighted by molar-refractivity contribution is -0.137. The highest BCUT2D eigenvalue weighted by atomic mass is 16.4. The van der Waals surface area contributed by atoms with Crippen LogP contribution >= 0.6 is 0 Å². The highest BCUT2D eigenvalue weighted by molar-refractivity contribution is 6.02. The van der Waals surface area contributed by atoms with Crippen LogP contribution in [0.5, 0.6) is 0 Å². The number of carboxylic acids is 1. The Bertz CT molecular complexity index is 672. The molecular weight excluding hydrogens is 242 g/mol. The number of carbonyl (C=O) groups is 1. The predicted molar refractivity (Wildman–Crippen MR) is 73.5 cm³/mol. The fourth-order valence-corrected chi connectivity index (χ4v) is 2.03. The molecule has 0 fully saturated rings. The van der Waals surface area contributed by atoms with Gasteiger partial charge in [-0.25, -0.2) is 4.79 Å². The summed E-state index contributed by atoms with van der Waals surface area (Å²) in [5.41, 5.74) is 0.663. The molecule has 0 aromatic heterocycles. The Balaban J connectivity index is 2.53. The zero-order valence-corrected chi connectivity index (χ0v) is 10.4. The van der Waals surface area contributed by atoms with E-state index in [1.165, 1.54) is 7.05 Å². The van der Waals surface area contributed by atoms with Gasteiger partial charge in [0.25, 0.3) is 0 Å². The molecule has 0 saturated heterocycles. The third-order valence-corrected chi connectivity index (χ3v) is 2.99. The van der Waals surface area contributed by atoms with Crippen molar-refractivity contribution in [3.63, 3.8) is 0 Å². The van der Waals surface area contributed by atoms with Crippen LogP contribution in [0.3, 0.4) is 0 Å². The van der Waals surface area contributed by atoms with Gasteiger partial charge in [0.05, 0.1) is 5.57 Å². The maximum atomic E-state index is 11.1. The van der Waals surface area contributed by atoms with Crippen LogP contribution in [0.15, 0.2) is 42.5 Å². The van der Waals surface area contributed by atoms with Crippen molar-refractivity contribution in [3.8, 4) is 0 Å². The van der Waals surface area contributed by atoms with Crippen LogP contribution in [0.25, 0.3) is 16.3 Å². The Kier molecular flexibility index (Phi) is 3.76. The van der Waals surface area contributed by atoms with Crippen LogP contribution in [0.1, 0.15) is 5.56 Å². The molecule has 2 aromatic rings. The summed E-state index contributed by atoms with van der Waals surface area (Å²) >= 11 is 0. The lowest BCUT2D eigenvalue weighted by Crippen LogP contribution is -2.35. The van der Waals surface area contributed by atoms with Gasteiger partial charge in [0, 0.05) is 0 Å². The smallest absolute Gasteiger partial charge is 0.326 e. The molecule has 1 unspecified atom stereocenters. The largest absolute Gasteiger partial charge is 0.480 e. The first-order valence-electron chi connectivity index (χ1n) is 5.81. The zero-order valence-electron chi connectivity index (χ0n) is 10.4. The van der Waals surface area contributed by atoms with E-state index < -0.39 is 12.0 Å². The first-order valence-corrected chi connectivity index (χ1v) is 5.81. The molecule has 4 heteroatoms. The molecule has 0 bridgehead atoms. The van der Waals surface area contributed by atoms with E-state index in [9.17, 15) is 9.59 Å². The molecule has 0 aliphatic rings. The number of hydrogen-bond donors (Lipinski definition) is 2. The molecule has 0 radical (unpaired) electrons. The molecule has 1 atom stereocenters. The van der Waals surface area contributed by atoms with Crippen molar-refractivity contribution in [1.29, 1.82) is 0 Å². The van der Waals surface area contributed by atoms with Gasteiger partial charge in [0.15, 0.2) is 0 Å². The second-order valence-electron chi connectivity index (χ2n) is 4.14. The molecule has 2 aromatic carbocycles. The van der Waals surface area contributed by atoms with Gasteiger partial charge in [-0.2, -0.15) is 0 Å². The number of benzene rings is 2. The van der Waals surface area contributed by atoms with E-state index in [0.717, 1.165) is 10.8 Å². The van der Waals surface area contributed by atoms with Gasteiger partial charge >= 0.3 is 5.97 Å². The van der Waals surface area contributed by atoms with Gasteiger partial charge in [0.1, 0.15) is 12.0 Å². The second kappa shape index (κ2) is 5.48. The van der Waals surface area contributed by atoms with Crippen molar-refractivity contribution in [2.45, 2.75) is 6.04 Å². The third-order valence-electron chi connectivity index (χ3n) is 2.99. The van der Waals surface area contributed by atoms with Gasteiger partial charge in [-0.15, -0.1) is 0 Å². The van der Waals surface area contributed by atoms with Crippen molar-refractivity contribution >= 4 is 28.3 Å². The number of nitrogens with one attached hydrogen (secondary N) is 1. The fraction of sp³-hybridized carbons (Fsp3) is 0.133. The molecular formula is C15H13NO3. The topological polar surface area (TPSA) is 66.4 Å². The lowest BCUT2D eigenvalue weighted by Gasteiger charge is -2.13. The predicted octanol–water partition coefficient (Wildman–Crippen LogP) is 1.73. The highest BCUT2D eigenvalue weighted by Gasteiger charge is 2.22. The van der Waals surface area contributed by atoms with Crippen molar-refractivity contribution in [1.82, 2.24) is 5.32 Å². The summed E-state index contributed by atoms with van der Waals surface area (Å²) in [6, 6.07) is 12.0. The van der Waals surface area contributed by atoms with Crippen LogP contribution in [-0.2, 0) is 9.59 Å². The van der Waals surface area contributed by atoms with E-state index in [2.05, 4.69) is 5.32 Å². The van der Waals surface area contributed by atoms with Crippen LogP contribution in [0.4, 0.5) is 0 Å². The van der Waals surface area contributed by atoms with Crippen LogP contribution in [-0.4, -0.2) is 30.1 Å². The summed E-state index contributed by atoms with van der Waals surface area (Å²) in [6.45, 7) is 0. The molecule has 0 saturated carbocycles. The minimum Gasteiger partial charge on any atom is -0.480 e. The Morgan fingerprint density at radius 1 is 1.21 bits per heavy atom. The molecule has 96 valence electrons. The maximum Gasteiger partial charge on any atom is 0.326 e. The SMILES string of the molecule is CNC(C(=O)O)C(=C=O)c1ccc2ccccc2c1. The number of hydrogen-bond acceptors (Lipinski definition) is 3. The quantitative estimate of drug-likeness (QED) is 0.816. The van der Waals surface area contributed by atoms with Crippen LogP contribution < -0.4 is 5.32 Å². The van der Waals surface area contributed by atoms with E-state index in [1.54, 1.807) is 18.1 Å². The Morgan fingerprint density at radius 2 is 1.89 bits per heavy atom. The molecule has 2 N–H and O–H groups in total. The number of carboxylic acid groups (broad SMARTS) is 1. The Labute approximate surface area is 110 Å². The summed E-state index contributed by atoms with van der Waals surface area (Å²) in [4.78, 5) is 22.2. The third kappa shape index (κ3) is 2.55. The average Bonchev–Trinajstić information content (AvgIpc) is 2.43. The standard InChI is InChI=1S/C15H13NO3/c1-16-14(15(18)19)13(9-17)12-7-6-10-4-2-3-5-11(10)8-12/h2-8,14,16H,1H3,(H,18,19). The minimum absolute atomic E-state index is 0.0979. The van der Waals surface area contributed by atoms with Crippen LogP contribution in [0, 0.1) is 0 Å². The number of aliphatic carboxylic acids is 1. The van der Waals surface area contributed by atoms with Crippen molar-refractivity contribution in [2.24, 2.45) is 0 Å². The van der Waals surface area contributed by atoms with Gasteiger partial charge in [-0.05, 0) is 29.4 Å². The summed E-state index contributed by atoms with van der Waals surface area (Å²) in [7, 11) is 1.50. The van der Waals surface area contributed by atoms with Crippen molar-refractivity contribution in [2.75, 3.05) is 7.05 Å². The fourth-order valence-electron chi connectivity index (χ4n) is 2.03. The number of fused-ring (bicyclic) bond motifs is 1. The zero-order chi connectivity index (χ0) is 13.8. The van der Waals surface area contributed by atoms with Gasteiger partial charge in [0.2, 0.25) is 0 Å². The maximum absolute atomic E-state index is 11.1. The van der Waals surface area contributed by atoms with E-state index in [0.29, 0.717) is 5.56 Å². The number of rotatable bonds is 4. The van der Waals surface area contributed by atoms with Crippen LogP contribution in [0.2, 0.25) is 0 Å². The summed E-state index contributed by atoms with van der Waals surface area (Å²) < 4.78 is 0. The van der Waals surface area contributed by atoms with E-state index >= 15 is 0 Å². The number of carbonyl (C=O) groups excluding carboxylic acids is 1. The molecule has 0 heterocycles. The number of likely N-dealkylation sites (N-methyl/N-ethyl adjacent to an activating group) is 1. The average molecular weight is 255 g/mol. The summed E-state index contributed by atoms with van der Waals surface area (Å²) in [6.07, 6.45) is 0. The first kappa shape index (κ1) is 13.0. The molecule has 19 heavy (non-hydrogen) atoms. The Hall–Kier alpha value is -2.42. The van der Waals surface area contributed by atoms with Gasteiger partial charge < -0.3 is 10.4 Å². The van der Waals surface area contributed by atoms with E-state index in [4.69, 9.17) is 5.11 Å². The summed E-state index contributed by atoms with van der Waals surface area (Å²) in [5, 5.41) is 13.7. The van der Waals surface area contributed by atoms with Crippen molar-refractivity contribution in [3.05, 3.63) is 48.0 Å². The Morgan fingerprint density at radius 3 is 2.47 bits per heavy atom. The molecule has 0 amide bonds. The van der Waals surface area contributed by atoms with E-state index in [1.807, 2.05) is 30.3 Å². The van der Waals surface area contributed by atoms with Gasteiger partial charge in [-0.3, -0.25) is 4.79 Å². The second-order valence-corrected chi connectivity index (χ2v) is 4.14. The normalized spacial score (nSPS) is 11.8. The van der Waals surface area contributed by atoms with Crippen molar-refractivity contribution < 1.29 is 14.7 Å². The molecule has 2 rings (SSSR count). The highest BCUT2D eigenvalue weighted by Crippen LogP contribution is 2.22. The molecule has 0 aliphatic carbocycles.